The molecule has 2 rings (SSSR count). The number of likely N-dealkylation sites (N-methyl/N-ethyl adjacent to an activating group) is 2. The predicted molar refractivity (Wildman–Crippen MR) is 86.7 cm³/mol. The van der Waals surface area contributed by atoms with Gasteiger partial charge in [0.15, 0.2) is 0 Å². The van der Waals surface area contributed by atoms with Crippen molar-refractivity contribution in [2.24, 2.45) is 0 Å². The molecule has 0 radical (unpaired) electrons. The summed E-state index contributed by atoms with van der Waals surface area (Å²) in [7, 11) is 1.94. The molecule has 1 aliphatic heterocycles. The van der Waals surface area contributed by atoms with Crippen molar-refractivity contribution in [2.75, 3.05) is 39.8 Å². The summed E-state index contributed by atoms with van der Waals surface area (Å²) in [5.74, 6) is 0.185. The standard InChI is InChI=1S/C17H27N3O/c1-4-19-11-12-20(13-14(19)2)17(21)16-8-6-5-7-15(16)9-10-18-3/h5-8,14,18H,4,9-13H2,1-3H3. The largest absolute Gasteiger partial charge is 0.336 e. The first-order valence-corrected chi connectivity index (χ1v) is 7.93. The van der Waals surface area contributed by atoms with Crippen LogP contribution in [0.25, 0.3) is 0 Å². The number of hydrogen-bond donors (Lipinski definition) is 1. The molecule has 1 atom stereocenters. The third-order valence-corrected chi connectivity index (χ3v) is 4.35. The average Bonchev–Trinajstić information content (AvgIpc) is 2.52. The zero-order valence-electron chi connectivity index (χ0n) is 13.4. The van der Waals surface area contributed by atoms with E-state index in [4.69, 9.17) is 0 Å². The fraction of sp³-hybridized carbons (Fsp3) is 0.588. The van der Waals surface area contributed by atoms with Crippen LogP contribution in [0.3, 0.4) is 0 Å². The Labute approximate surface area is 128 Å². The number of rotatable bonds is 5. The van der Waals surface area contributed by atoms with Gasteiger partial charge in [-0.15, -0.1) is 0 Å². The molecule has 0 aliphatic carbocycles. The van der Waals surface area contributed by atoms with E-state index in [1.165, 1.54) is 0 Å². The van der Waals surface area contributed by atoms with E-state index >= 15 is 0 Å². The van der Waals surface area contributed by atoms with Crippen LogP contribution in [0.5, 0.6) is 0 Å². The number of benzene rings is 1. The van der Waals surface area contributed by atoms with Gasteiger partial charge in [-0.1, -0.05) is 25.1 Å². The predicted octanol–water partition coefficient (Wildman–Crippen LogP) is 1.61. The first-order valence-electron chi connectivity index (χ1n) is 7.93. The Hall–Kier alpha value is -1.39. The Balaban J connectivity index is 2.10. The fourth-order valence-corrected chi connectivity index (χ4v) is 3.03. The van der Waals surface area contributed by atoms with Crippen LogP contribution in [-0.4, -0.2) is 61.5 Å². The SMILES string of the molecule is CCN1CCN(C(=O)c2ccccc2CCNC)CC1C. The second kappa shape index (κ2) is 7.57. The van der Waals surface area contributed by atoms with E-state index in [-0.39, 0.29) is 5.91 Å². The van der Waals surface area contributed by atoms with E-state index in [9.17, 15) is 4.79 Å². The minimum absolute atomic E-state index is 0.185. The van der Waals surface area contributed by atoms with Gasteiger partial charge in [-0.2, -0.15) is 0 Å². The van der Waals surface area contributed by atoms with Crippen LogP contribution in [0.1, 0.15) is 29.8 Å². The molecular formula is C17H27N3O. The Bertz CT molecular complexity index is 475. The molecule has 0 bridgehead atoms. The molecule has 1 aliphatic rings. The highest BCUT2D eigenvalue weighted by Gasteiger charge is 2.27. The van der Waals surface area contributed by atoms with Gasteiger partial charge in [0.05, 0.1) is 0 Å². The monoisotopic (exact) mass is 289 g/mol. The van der Waals surface area contributed by atoms with Gasteiger partial charge in [0.25, 0.3) is 5.91 Å². The van der Waals surface area contributed by atoms with Crippen molar-refractivity contribution < 1.29 is 4.79 Å². The lowest BCUT2D eigenvalue weighted by Gasteiger charge is -2.39. The molecule has 1 aromatic carbocycles. The first-order chi connectivity index (χ1) is 10.2. The van der Waals surface area contributed by atoms with Crippen LogP contribution in [0.2, 0.25) is 0 Å². The molecule has 4 nitrogen and oxygen atoms in total. The van der Waals surface area contributed by atoms with E-state index in [1.807, 2.05) is 30.1 Å². The van der Waals surface area contributed by atoms with Crippen LogP contribution in [0.15, 0.2) is 24.3 Å². The molecule has 1 N–H and O–H groups in total. The zero-order chi connectivity index (χ0) is 15.2. The summed E-state index contributed by atoms with van der Waals surface area (Å²) >= 11 is 0. The van der Waals surface area contributed by atoms with Gasteiger partial charge >= 0.3 is 0 Å². The Morgan fingerprint density at radius 2 is 2.10 bits per heavy atom. The maximum Gasteiger partial charge on any atom is 0.254 e. The highest BCUT2D eigenvalue weighted by molar-refractivity contribution is 5.95. The van der Waals surface area contributed by atoms with Crippen molar-refractivity contribution in [1.29, 1.82) is 0 Å². The minimum atomic E-state index is 0.185. The molecule has 1 heterocycles. The molecule has 0 saturated carbocycles. The van der Waals surface area contributed by atoms with Gasteiger partial charge in [0.1, 0.15) is 0 Å². The normalized spacial score (nSPS) is 19.8. The molecule has 0 spiro atoms. The van der Waals surface area contributed by atoms with Crippen molar-refractivity contribution in [2.45, 2.75) is 26.3 Å². The number of carbonyl (C=O) groups is 1. The summed E-state index contributed by atoms with van der Waals surface area (Å²) in [6.45, 7) is 8.97. The number of amides is 1. The quantitative estimate of drug-likeness (QED) is 0.894. The van der Waals surface area contributed by atoms with Gasteiger partial charge in [-0.3, -0.25) is 9.69 Å². The minimum Gasteiger partial charge on any atom is -0.336 e. The number of hydrogen-bond acceptors (Lipinski definition) is 3. The van der Waals surface area contributed by atoms with Crippen LogP contribution in [0, 0.1) is 0 Å². The lowest BCUT2D eigenvalue weighted by molar-refractivity contribution is 0.0527. The van der Waals surface area contributed by atoms with Gasteiger partial charge in [-0.05, 0) is 45.1 Å². The maximum atomic E-state index is 12.8. The first kappa shape index (κ1) is 16.0. The molecular weight excluding hydrogens is 262 g/mol. The van der Waals surface area contributed by atoms with Crippen molar-refractivity contribution in [3.05, 3.63) is 35.4 Å². The third-order valence-electron chi connectivity index (χ3n) is 4.35. The molecule has 4 heteroatoms. The molecule has 1 unspecified atom stereocenters. The smallest absolute Gasteiger partial charge is 0.254 e. The van der Waals surface area contributed by atoms with Crippen molar-refractivity contribution >= 4 is 5.91 Å². The lowest BCUT2D eigenvalue weighted by atomic mass is 10.0. The van der Waals surface area contributed by atoms with Gasteiger partial charge in [0.2, 0.25) is 0 Å². The number of nitrogens with one attached hydrogen (secondary N) is 1. The molecule has 1 amide bonds. The third kappa shape index (κ3) is 3.83. The molecule has 1 fully saturated rings. The highest BCUT2D eigenvalue weighted by Crippen LogP contribution is 2.16. The van der Waals surface area contributed by atoms with Crippen molar-refractivity contribution in [3.63, 3.8) is 0 Å². The lowest BCUT2D eigenvalue weighted by Crippen LogP contribution is -2.53. The van der Waals surface area contributed by atoms with Gasteiger partial charge < -0.3 is 10.2 Å². The Morgan fingerprint density at radius 1 is 1.33 bits per heavy atom. The van der Waals surface area contributed by atoms with Crippen LogP contribution in [0.4, 0.5) is 0 Å². The summed E-state index contributed by atoms with van der Waals surface area (Å²) in [5, 5.41) is 3.15. The van der Waals surface area contributed by atoms with E-state index in [0.717, 1.165) is 50.3 Å². The molecule has 0 aromatic heterocycles. The summed E-state index contributed by atoms with van der Waals surface area (Å²) < 4.78 is 0. The summed E-state index contributed by atoms with van der Waals surface area (Å²) in [5.41, 5.74) is 2.01. The van der Waals surface area contributed by atoms with Crippen molar-refractivity contribution in [1.82, 2.24) is 15.1 Å². The summed E-state index contributed by atoms with van der Waals surface area (Å²) in [4.78, 5) is 17.2. The van der Waals surface area contributed by atoms with E-state index in [1.54, 1.807) is 0 Å². The fourth-order valence-electron chi connectivity index (χ4n) is 3.03. The van der Waals surface area contributed by atoms with Gasteiger partial charge in [0, 0.05) is 31.2 Å². The van der Waals surface area contributed by atoms with E-state index in [2.05, 4.69) is 30.1 Å². The van der Waals surface area contributed by atoms with Crippen LogP contribution < -0.4 is 5.32 Å². The van der Waals surface area contributed by atoms with Crippen LogP contribution >= 0.6 is 0 Å². The highest BCUT2D eigenvalue weighted by atomic mass is 16.2. The number of nitrogens with zero attached hydrogens (tertiary/aromatic N) is 2. The topological polar surface area (TPSA) is 35.6 Å². The average molecular weight is 289 g/mol. The van der Waals surface area contributed by atoms with Crippen molar-refractivity contribution in [3.8, 4) is 0 Å². The summed E-state index contributed by atoms with van der Waals surface area (Å²) in [6.07, 6.45) is 0.892. The zero-order valence-corrected chi connectivity index (χ0v) is 13.4. The molecule has 116 valence electrons. The number of carbonyl (C=O) groups excluding carboxylic acids is 1. The maximum absolute atomic E-state index is 12.8. The van der Waals surface area contributed by atoms with E-state index in [0.29, 0.717) is 6.04 Å². The Kier molecular flexibility index (Phi) is 5.76. The van der Waals surface area contributed by atoms with Crippen LogP contribution in [-0.2, 0) is 6.42 Å². The van der Waals surface area contributed by atoms with Gasteiger partial charge in [-0.25, -0.2) is 0 Å². The second-order valence-electron chi connectivity index (χ2n) is 5.74. The number of piperazine rings is 1. The summed E-state index contributed by atoms with van der Waals surface area (Å²) in [6, 6.07) is 8.44. The molecule has 1 aromatic rings. The Morgan fingerprint density at radius 3 is 2.76 bits per heavy atom. The second-order valence-corrected chi connectivity index (χ2v) is 5.74. The van der Waals surface area contributed by atoms with E-state index < -0.39 is 0 Å². The molecule has 21 heavy (non-hydrogen) atoms. The molecule has 1 saturated heterocycles.